The molecule has 0 bridgehead atoms. The zero-order valence-electron chi connectivity index (χ0n) is 11.4. The van der Waals surface area contributed by atoms with Crippen LogP contribution in [-0.4, -0.2) is 18.0 Å². The fraction of sp³-hybridized carbons (Fsp3) is 0.533. The maximum Gasteiger partial charge on any atom is 0.169 e. The van der Waals surface area contributed by atoms with Crippen LogP contribution in [0, 0.1) is 5.92 Å². The molecule has 1 aromatic carbocycles. The Labute approximate surface area is 108 Å². The Hall–Kier alpha value is -1.35. The van der Waals surface area contributed by atoms with Crippen molar-refractivity contribution in [3.05, 3.63) is 29.3 Å². The fourth-order valence-electron chi connectivity index (χ4n) is 2.66. The summed E-state index contributed by atoms with van der Waals surface area (Å²) >= 11 is 0. The Morgan fingerprint density at radius 1 is 1.44 bits per heavy atom. The molecule has 3 nitrogen and oxygen atoms in total. The van der Waals surface area contributed by atoms with Crippen molar-refractivity contribution < 1.29 is 14.6 Å². The average Bonchev–Trinajstić information content (AvgIpc) is 2.33. The highest BCUT2D eigenvalue weighted by Gasteiger charge is 2.42. The number of hydrogen-bond acceptors (Lipinski definition) is 3. The van der Waals surface area contributed by atoms with Gasteiger partial charge in [0.2, 0.25) is 0 Å². The third-order valence-corrected chi connectivity index (χ3v) is 3.94. The lowest BCUT2D eigenvalue weighted by molar-refractivity contribution is -0.138. The van der Waals surface area contributed by atoms with Gasteiger partial charge >= 0.3 is 0 Å². The molecule has 0 saturated carbocycles. The van der Waals surface area contributed by atoms with Crippen molar-refractivity contribution in [1.29, 1.82) is 0 Å². The summed E-state index contributed by atoms with van der Waals surface area (Å²) in [7, 11) is 1.58. The summed E-state index contributed by atoms with van der Waals surface area (Å²) < 4.78 is 5.18. The van der Waals surface area contributed by atoms with Gasteiger partial charge in [0, 0.05) is 6.42 Å². The summed E-state index contributed by atoms with van der Waals surface area (Å²) in [6, 6.07) is 5.64. The van der Waals surface area contributed by atoms with E-state index in [2.05, 4.69) is 13.8 Å². The first-order valence-corrected chi connectivity index (χ1v) is 6.32. The standard InChI is InChI=1S/C15H20O3/c1-9(2)12-8-14(16)15(3,17)13-7-10(18-4)5-6-11(12)13/h5-7,9,12,17H,8H2,1-4H3. The van der Waals surface area contributed by atoms with Crippen LogP contribution >= 0.6 is 0 Å². The Morgan fingerprint density at radius 3 is 2.67 bits per heavy atom. The number of fused-ring (bicyclic) bond motifs is 1. The van der Waals surface area contributed by atoms with Crippen LogP contribution < -0.4 is 4.74 Å². The van der Waals surface area contributed by atoms with E-state index in [1.165, 1.54) is 0 Å². The molecule has 0 aliphatic heterocycles. The molecule has 98 valence electrons. The molecule has 1 aliphatic rings. The number of ether oxygens (including phenoxy) is 1. The number of methoxy groups -OCH3 is 1. The normalized spacial score (nSPS) is 27.2. The first-order chi connectivity index (χ1) is 8.37. The van der Waals surface area contributed by atoms with Crippen LogP contribution in [-0.2, 0) is 10.4 Å². The molecule has 1 aromatic rings. The third-order valence-electron chi connectivity index (χ3n) is 3.94. The van der Waals surface area contributed by atoms with Gasteiger partial charge in [0.15, 0.2) is 5.78 Å². The number of aliphatic hydroxyl groups is 1. The SMILES string of the molecule is COc1ccc2c(c1)C(C)(O)C(=O)CC2C(C)C. The van der Waals surface area contributed by atoms with Gasteiger partial charge in [0.25, 0.3) is 0 Å². The number of ketones is 1. The summed E-state index contributed by atoms with van der Waals surface area (Å²) in [5.74, 6) is 1.11. The molecule has 2 unspecified atom stereocenters. The topological polar surface area (TPSA) is 46.5 Å². The van der Waals surface area contributed by atoms with Crippen molar-refractivity contribution in [3.63, 3.8) is 0 Å². The lowest BCUT2D eigenvalue weighted by Gasteiger charge is -2.36. The van der Waals surface area contributed by atoms with Crippen molar-refractivity contribution in [3.8, 4) is 5.75 Å². The van der Waals surface area contributed by atoms with Crippen molar-refractivity contribution in [1.82, 2.24) is 0 Å². The van der Waals surface area contributed by atoms with Crippen LogP contribution in [0.2, 0.25) is 0 Å². The summed E-state index contributed by atoms with van der Waals surface area (Å²) in [5.41, 5.74) is 0.363. The van der Waals surface area contributed by atoms with E-state index in [0.29, 0.717) is 23.7 Å². The molecule has 1 N–H and O–H groups in total. The third kappa shape index (κ3) is 1.93. The van der Waals surface area contributed by atoms with E-state index in [1.54, 1.807) is 20.1 Å². The van der Waals surface area contributed by atoms with Gasteiger partial charge in [-0.2, -0.15) is 0 Å². The van der Waals surface area contributed by atoms with Crippen molar-refractivity contribution in [2.24, 2.45) is 5.92 Å². The maximum atomic E-state index is 12.1. The summed E-state index contributed by atoms with van der Waals surface area (Å²) in [6.45, 7) is 5.78. The summed E-state index contributed by atoms with van der Waals surface area (Å²) in [6.07, 6.45) is 0.407. The Kier molecular flexibility index (Phi) is 3.20. The van der Waals surface area contributed by atoms with Gasteiger partial charge in [-0.1, -0.05) is 19.9 Å². The first-order valence-electron chi connectivity index (χ1n) is 6.32. The lowest BCUT2D eigenvalue weighted by atomic mass is 9.70. The number of Topliss-reactive ketones (excluding diaryl/α,β-unsaturated/α-hetero) is 1. The van der Waals surface area contributed by atoms with Crippen molar-refractivity contribution in [2.45, 2.75) is 38.7 Å². The molecular weight excluding hydrogens is 228 g/mol. The van der Waals surface area contributed by atoms with Gasteiger partial charge in [-0.05, 0) is 42.0 Å². The number of benzene rings is 1. The van der Waals surface area contributed by atoms with Crippen LogP contribution in [0.5, 0.6) is 5.75 Å². The van der Waals surface area contributed by atoms with Gasteiger partial charge < -0.3 is 9.84 Å². The van der Waals surface area contributed by atoms with Crippen LogP contribution in [0.25, 0.3) is 0 Å². The minimum atomic E-state index is -1.39. The highest BCUT2D eigenvalue weighted by Crippen LogP contribution is 2.43. The fourth-order valence-corrected chi connectivity index (χ4v) is 2.66. The summed E-state index contributed by atoms with van der Waals surface area (Å²) in [4.78, 5) is 12.1. The van der Waals surface area contributed by atoms with Crippen LogP contribution in [0.1, 0.15) is 44.2 Å². The quantitative estimate of drug-likeness (QED) is 0.875. The van der Waals surface area contributed by atoms with Crippen LogP contribution in [0.3, 0.4) is 0 Å². The van der Waals surface area contributed by atoms with Crippen LogP contribution in [0.15, 0.2) is 18.2 Å². The first kappa shape index (κ1) is 13.1. The van der Waals surface area contributed by atoms with E-state index in [-0.39, 0.29) is 11.7 Å². The zero-order valence-corrected chi connectivity index (χ0v) is 11.4. The second-order valence-electron chi connectivity index (χ2n) is 5.50. The van der Waals surface area contributed by atoms with E-state index in [0.717, 1.165) is 5.56 Å². The number of carbonyl (C=O) groups excluding carboxylic acids is 1. The largest absolute Gasteiger partial charge is 0.497 e. The number of carbonyl (C=O) groups is 1. The molecule has 0 heterocycles. The number of hydrogen-bond donors (Lipinski definition) is 1. The van der Waals surface area contributed by atoms with Crippen LogP contribution in [0.4, 0.5) is 0 Å². The summed E-state index contributed by atoms with van der Waals surface area (Å²) in [5, 5.41) is 10.4. The Morgan fingerprint density at radius 2 is 2.11 bits per heavy atom. The van der Waals surface area contributed by atoms with Gasteiger partial charge in [-0.15, -0.1) is 0 Å². The molecule has 0 saturated heterocycles. The zero-order chi connectivity index (χ0) is 13.5. The predicted octanol–water partition coefficient (Wildman–Crippen LogP) is 2.62. The van der Waals surface area contributed by atoms with Crippen molar-refractivity contribution >= 4 is 5.78 Å². The second kappa shape index (κ2) is 4.39. The highest BCUT2D eigenvalue weighted by atomic mass is 16.5. The van der Waals surface area contributed by atoms with Gasteiger partial charge in [-0.3, -0.25) is 4.79 Å². The Bertz CT molecular complexity index is 475. The Balaban J connectivity index is 2.60. The molecule has 0 spiro atoms. The molecule has 0 aromatic heterocycles. The minimum Gasteiger partial charge on any atom is -0.497 e. The van der Waals surface area contributed by atoms with Crippen molar-refractivity contribution in [2.75, 3.05) is 7.11 Å². The molecule has 1 aliphatic carbocycles. The number of rotatable bonds is 2. The minimum absolute atomic E-state index is 0.109. The smallest absolute Gasteiger partial charge is 0.169 e. The van der Waals surface area contributed by atoms with E-state index in [4.69, 9.17) is 4.74 Å². The molecule has 18 heavy (non-hydrogen) atoms. The van der Waals surface area contributed by atoms with E-state index >= 15 is 0 Å². The molecule has 0 amide bonds. The maximum absolute atomic E-state index is 12.1. The molecule has 0 fully saturated rings. The van der Waals surface area contributed by atoms with E-state index in [1.807, 2.05) is 12.1 Å². The second-order valence-corrected chi connectivity index (χ2v) is 5.50. The van der Waals surface area contributed by atoms with Gasteiger partial charge in [0.1, 0.15) is 11.4 Å². The highest BCUT2D eigenvalue weighted by molar-refractivity contribution is 5.91. The molecule has 2 atom stereocenters. The molecule has 0 radical (unpaired) electrons. The van der Waals surface area contributed by atoms with E-state index < -0.39 is 5.60 Å². The molecule has 2 rings (SSSR count). The predicted molar refractivity (Wildman–Crippen MR) is 69.8 cm³/mol. The van der Waals surface area contributed by atoms with Gasteiger partial charge in [0.05, 0.1) is 7.11 Å². The van der Waals surface area contributed by atoms with E-state index in [9.17, 15) is 9.90 Å². The molecular formula is C15H20O3. The average molecular weight is 248 g/mol. The van der Waals surface area contributed by atoms with Gasteiger partial charge in [-0.25, -0.2) is 0 Å². The molecule has 3 heteroatoms. The monoisotopic (exact) mass is 248 g/mol. The lowest BCUT2D eigenvalue weighted by Crippen LogP contribution is -2.39.